The van der Waals surface area contributed by atoms with E-state index in [1.807, 2.05) is 40.1 Å². The topological polar surface area (TPSA) is 83.0 Å². The van der Waals surface area contributed by atoms with Gasteiger partial charge in [0, 0.05) is 50.5 Å². The molecule has 3 aliphatic heterocycles. The summed E-state index contributed by atoms with van der Waals surface area (Å²) >= 11 is 0. The third kappa shape index (κ3) is 3.49. The van der Waals surface area contributed by atoms with Crippen molar-refractivity contribution in [2.24, 2.45) is 5.92 Å². The van der Waals surface area contributed by atoms with Crippen LogP contribution in [0.25, 0.3) is 0 Å². The Morgan fingerprint density at radius 1 is 1.09 bits per heavy atom. The molecule has 32 heavy (non-hydrogen) atoms. The zero-order chi connectivity index (χ0) is 22.1. The normalized spacial score (nSPS) is 24.7. The minimum Gasteiger partial charge on any atom is -0.394 e. The SMILES string of the molecule is O=C(Cc1cccnc1)N1CC2(C1)[C@H](c1ccccc1)[C@H](CO)N2C(=O)C1CCOCC1. The Balaban J connectivity index is 1.38. The first-order valence-electron chi connectivity index (χ1n) is 11.4. The highest BCUT2D eigenvalue weighted by Gasteiger charge is 2.68. The van der Waals surface area contributed by atoms with Crippen LogP contribution in [0.1, 0.15) is 29.9 Å². The summed E-state index contributed by atoms with van der Waals surface area (Å²) in [5.74, 6) is 0.0757. The van der Waals surface area contributed by atoms with E-state index in [-0.39, 0.29) is 36.3 Å². The van der Waals surface area contributed by atoms with Gasteiger partial charge in [0.15, 0.2) is 0 Å². The number of hydrogen-bond acceptors (Lipinski definition) is 5. The molecule has 5 rings (SSSR count). The molecule has 1 aromatic carbocycles. The predicted molar refractivity (Wildman–Crippen MR) is 118 cm³/mol. The molecule has 4 heterocycles. The molecule has 3 fully saturated rings. The fraction of sp³-hybridized carbons (Fsp3) is 0.480. The number of carbonyl (C=O) groups excluding carboxylic acids is 2. The van der Waals surface area contributed by atoms with E-state index in [1.54, 1.807) is 12.4 Å². The Morgan fingerprint density at radius 3 is 2.50 bits per heavy atom. The largest absolute Gasteiger partial charge is 0.394 e. The molecule has 0 bridgehead atoms. The van der Waals surface area contributed by atoms with Crippen LogP contribution in [0.5, 0.6) is 0 Å². The van der Waals surface area contributed by atoms with Gasteiger partial charge in [0.1, 0.15) is 0 Å². The number of amides is 2. The van der Waals surface area contributed by atoms with Crippen molar-refractivity contribution < 1.29 is 19.4 Å². The molecule has 7 nitrogen and oxygen atoms in total. The molecule has 1 N–H and O–H groups in total. The summed E-state index contributed by atoms with van der Waals surface area (Å²) in [5.41, 5.74) is 1.55. The highest BCUT2D eigenvalue weighted by Crippen LogP contribution is 2.54. The Bertz CT molecular complexity index is 956. The average molecular weight is 436 g/mol. The first-order chi connectivity index (χ1) is 15.6. The van der Waals surface area contributed by atoms with E-state index in [9.17, 15) is 14.7 Å². The van der Waals surface area contributed by atoms with E-state index in [2.05, 4.69) is 17.1 Å². The first kappa shape index (κ1) is 21.1. The van der Waals surface area contributed by atoms with Gasteiger partial charge in [0.05, 0.1) is 24.6 Å². The van der Waals surface area contributed by atoms with Gasteiger partial charge in [0.2, 0.25) is 11.8 Å². The number of aromatic nitrogens is 1. The van der Waals surface area contributed by atoms with Crippen LogP contribution in [0, 0.1) is 5.92 Å². The number of aliphatic hydroxyl groups is 1. The minimum atomic E-state index is -0.450. The van der Waals surface area contributed by atoms with Crippen molar-refractivity contribution >= 4 is 11.8 Å². The number of likely N-dealkylation sites (tertiary alicyclic amines) is 2. The zero-order valence-corrected chi connectivity index (χ0v) is 18.1. The van der Waals surface area contributed by atoms with Crippen LogP contribution in [-0.2, 0) is 20.7 Å². The Morgan fingerprint density at radius 2 is 1.84 bits per heavy atom. The van der Waals surface area contributed by atoms with Gasteiger partial charge >= 0.3 is 0 Å². The third-order valence-corrected chi connectivity index (χ3v) is 7.29. The van der Waals surface area contributed by atoms with Gasteiger partial charge in [-0.2, -0.15) is 0 Å². The number of hydrogen-bond donors (Lipinski definition) is 1. The molecule has 0 unspecified atom stereocenters. The Kier molecular flexibility index (Phi) is 5.69. The van der Waals surface area contributed by atoms with Gasteiger partial charge in [-0.1, -0.05) is 36.4 Å². The lowest BCUT2D eigenvalue weighted by molar-refractivity contribution is -0.207. The quantitative estimate of drug-likeness (QED) is 0.772. The van der Waals surface area contributed by atoms with Gasteiger partial charge in [-0.15, -0.1) is 0 Å². The summed E-state index contributed by atoms with van der Waals surface area (Å²) in [6, 6.07) is 13.5. The van der Waals surface area contributed by atoms with Crippen LogP contribution >= 0.6 is 0 Å². The summed E-state index contributed by atoms with van der Waals surface area (Å²) in [6.07, 6.45) is 5.14. The van der Waals surface area contributed by atoms with Crippen molar-refractivity contribution in [3.05, 3.63) is 66.0 Å². The number of carbonyl (C=O) groups is 2. The molecule has 3 saturated heterocycles. The van der Waals surface area contributed by atoms with Gasteiger partial charge in [-0.25, -0.2) is 0 Å². The number of pyridine rings is 1. The molecule has 168 valence electrons. The molecule has 0 saturated carbocycles. The Hall–Kier alpha value is -2.77. The van der Waals surface area contributed by atoms with Gasteiger partial charge in [0.25, 0.3) is 0 Å². The van der Waals surface area contributed by atoms with Gasteiger partial charge in [-0.3, -0.25) is 14.6 Å². The molecule has 1 spiro atoms. The summed E-state index contributed by atoms with van der Waals surface area (Å²) in [7, 11) is 0. The molecular formula is C25H29N3O4. The predicted octanol–water partition coefficient (Wildman–Crippen LogP) is 1.62. The lowest BCUT2D eigenvalue weighted by Gasteiger charge is -2.71. The highest BCUT2D eigenvalue weighted by atomic mass is 16.5. The first-order valence-corrected chi connectivity index (χ1v) is 11.4. The van der Waals surface area contributed by atoms with Crippen molar-refractivity contribution in [1.29, 1.82) is 0 Å². The lowest BCUT2D eigenvalue weighted by atomic mass is 9.60. The fourth-order valence-electron chi connectivity index (χ4n) is 5.74. The monoisotopic (exact) mass is 435 g/mol. The number of aliphatic hydroxyl groups excluding tert-OH is 1. The number of benzene rings is 1. The minimum absolute atomic E-state index is 0.0138. The second-order valence-corrected chi connectivity index (χ2v) is 9.12. The average Bonchev–Trinajstić information content (AvgIpc) is 2.79. The van der Waals surface area contributed by atoms with Crippen molar-refractivity contribution in [1.82, 2.24) is 14.8 Å². The molecule has 2 aromatic rings. The van der Waals surface area contributed by atoms with Gasteiger partial charge in [-0.05, 0) is 30.0 Å². The number of rotatable bonds is 5. The van der Waals surface area contributed by atoms with Crippen molar-refractivity contribution in [3.8, 4) is 0 Å². The van der Waals surface area contributed by atoms with Gasteiger partial charge < -0.3 is 19.6 Å². The molecule has 3 aliphatic rings. The maximum Gasteiger partial charge on any atom is 0.227 e. The third-order valence-electron chi connectivity index (χ3n) is 7.29. The molecule has 1 aromatic heterocycles. The molecule has 0 aliphatic carbocycles. The van der Waals surface area contributed by atoms with Crippen LogP contribution in [0.2, 0.25) is 0 Å². The lowest BCUT2D eigenvalue weighted by Crippen LogP contribution is -2.86. The van der Waals surface area contributed by atoms with E-state index < -0.39 is 5.54 Å². The molecule has 7 heteroatoms. The second kappa shape index (κ2) is 8.64. The van der Waals surface area contributed by atoms with Crippen LogP contribution in [0.4, 0.5) is 0 Å². The van der Waals surface area contributed by atoms with E-state index in [1.165, 1.54) is 0 Å². The standard InChI is InChI=1S/C25H29N3O4/c29-15-21-23(19-6-2-1-3-7-19)25(28(21)24(31)20-8-11-32-12-9-20)16-27(17-25)22(30)13-18-5-4-10-26-14-18/h1-7,10,14,20-21,23,29H,8-9,11-13,15-17H2/t21-,23+/m0/s1. The van der Waals surface area contributed by atoms with Crippen molar-refractivity contribution in [3.63, 3.8) is 0 Å². The maximum atomic E-state index is 13.6. The molecular weight excluding hydrogens is 406 g/mol. The van der Waals surface area contributed by atoms with E-state index in [4.69, 9.17) is 4.74 Å². The Labute approximate surface area is 188 Å². The maximum absolute atomic E-state index is 13.6. The molecule has 2 amide bonds. The molecule has 0 radical (unpaired) electrons. The van der Waals surface area contributed by atoms with E-state index in [0.717, 1.165) is 11.1 Å². The van der Waals surface area contributed by atoms with Crippen molar-refractivity contribution in [2.45, 2.75) is 36.8 Å². The molecule has 2 atom stereocenters. The van der Waals surface area contributed by atoms with Crippen LogP contribution < -0.4 is 0 Å². The highest BCUT2D eigenvalue weighted by molar-refractivity contribution is 5.85. The fourth-order valence-corrected chi connectivity index (χ4v) is 5.74. The van der Waals surface area contributed by atoms with E-state index >= 15 is 0 Å². The van der Waals surface area contributed by atoms with Crippen LogP contribution in [0.15, 0.2) is 54.9 Å². The summed E-state index contributed by atoms with van der Waals surface area (Å²) in [5, 5.41) is 10.3. The van der Waals surface area contributed by atoms with E-state index in [0.29, 0.717) is 45.6 Å². The smallest absolute Gasteiger partial charge is 0.227 e. The number of nitrogens with zero attached hydrogens (tertiary/aromatic N) is 3. The zero-order valence-electron chi connectivity index (χ0n) is 18.1. The van der Waals surface area contributed by atoms with Crippen LogP contribution in [0.3, 0.4) is 0 Å². The van der Waals surface area contributed by atoms with Crippen LogP contribution in [-0.4, -0.2) is 76.2 Å². The number of ether oxygens (including phenoxy) is 1. The van der Waals surface area contributed by atoms with Crippen molar-refractivity contribution in [2.75, 3.05) is 32.9 Å². The second-order valence-electron chi connectivity index (χ2n) is 9.12. The summed E-state index contributed by atoms with van der Waals surface area (Å²) in [4.78, 5) is 34.3. The summed E-state index contributed by atoms with van der Waals surface area (Å²) < 4.78 is 5.44. The summed E-state index contributed by atoms with van der Waals surface area (Å²) in [6.45, 7) is 2.10.